The normalized spacial score (nSPS) is 10.4. The summed E-state index contributed by atoms with van der Waals surface area (Å²) in [5, 5.41) is 0.407. The molecule has 6 heteroatoms. The maximum atomic E-state index is 13.5. The van der Waals surface area contributed by atoms with E-state index in [1.165, 1.54) is 11.9 Å². The van der Waals surface area contributed by atoms with Gasteiger partial charge in [0.05, 0.1) is 10.6 Å². The molecule has 1 aromatic carbocycles. The van der Waals surface area contributed by atoms with Gasteiger partial charge in [0.15, 0.2) is 0 Å². The fourth-order valence-electron chi connectivity index (χ4n) is 1.29. The first-order chi connectivity index (χ1) is 7.97. The van der Waals surface area contributed by atoms with Gasteiger partial charge in [-0.15, -0.1) is 0 Å². The Balaban J connectivity index is 2.92. The van der Waals surface area contributed by atoms with Crippen LogP contribution in [0.3, 0.4) is 0 Å². The van der Waals surface area contributed by atoms with Gasteiger partial charge in [-0.05, 0) is 18.6 Å². The zero-order valence-corrected chi connectivity index (χ0v) is 11.5. The SMILES string of the molecule is CN(CCCBr)C(=O)c1cc(F)c(Cl)cc1F. The standard InChI is InChI=1S/C11H11BrClF2NO/c1-16(4-2-3-12)11(17)7-5-10(15)8(13)6-9(7)14/h5-6H,2-4H2,1H3. The van der Waals surface area contributed by atoms with E-state index in [4.69, 9.17) is 11.6 Å². The third-order valence-corrected chi connectivity index (χ3v) is 3.06. The quantitative estimate of drug-likeness (QED) is 0.613. The number of alkyl halides is 1. The summed E-state index contributed by atoms with van der Waals surface area (Å²) in [6, 6.07) is 1.63. The minimum absolute atomic E-state index is 0.302. The average molecular weight is 327 g/mol. The molecule has 0 fully saturated rings. The summed E-state index contributed by atoms with van der Waals surface area (Å²) in [6.07, 6.45) is 0.736. The van der Waals surface area contributed by atoms with Gasteiger partial charge in [0.1, 0.15) is 11.6 Å². The van der Waals surface area contributed by atoms with Crippen molar-refractivity contribution in [2.45, 2.75) is 6.42 Å². The monoisotopic (exact) mass is 325 g/mol. The molecule has 0 aromatic heterocycles. The van der Waals surface area contributed by atoms with E-state index in [2.05, 4.69) is 15.9 Å². The van der Waals surface area contributed by atoms with Gasteiger partial charge in [0.25, 0.3) is 5.91 Å². The highest BCUT2D eigenvalue weighted by atomic mass is 79.9. The second-order valence-electron chi connectivity index (χ2n) is 3.52. The number of hydrogen-bond donors (Lipinski definition) is 0. The Morgan fingerprint density at radius 2 is 2.06 bits per heavy atom. The number of hydrogen-bond acceptors (Lipinski definition) is 1. The Kier molecular flexibility index (Phi) is 5.33. The molecule has 1 amide bonds. The van der Waals surface area contributed by atoms with E-state index in [0.717, 1.165) is 23.9 Å². The average Bonchev–Trinajstić information content (AvgIpc) is 2.29. The molecule has 0 aliphatic heterocycles. The van der Waals surface area contributed by atoms with Gasteiger partial charge in [-0.1, -0.05) is 27.5 Å². The molecular formula is C11H11BrClF2NO. The summed E-state index contributed by atoms with van der Waals surface area (Å²) in [5.41, 5.74) is -0.302. The Hall–Kier alpha value is -0.680. The molecule has 17 heavy (non-hydrogen) atoms. The summed E-state index contributed by atoms with van der Waals surface area (Å²) in [6.45, 7) is 0.466. The van der Waals surface area contributed by atoms with E-state index in [1.807, 2.05) is 0 Å². The van der Waals surface area contributed by atoms with Gasteiger partial charge in [-0.3, -0.25) is 4.79 Å². The number of amides is 1. The molecule has 0 atom stereocenters. The molecular weight excluding hydrogens is 315 g/mol. The number of carbonyl (C=O) groups excluding carboxylic acids is 1. The van der Waals surface area contributed by atoms with Gasteiger partial charge in [-0.2, -0.15) is 0 Å². The highest BCUT2D eigenvalue weighted by Gasteiger charge is 2.18. The molecule has 94 valence electrons. The minimum atomic E-state index is -0.813. The van der Waals surface area contributed by atoms with Crippen LogP contribution < -0.4 is 0 Å². The number of rotatable bonds is 4. The van der Waals surface area contributed by atoms with Crippen molar-refractivity contribution >= 4 is 33.4 Å². The molecule has 0 aliphatic carbocycles. The number of halogens is 4. The van der Waals surface area contributed by atoms with Crippen LogP contribution in [0.4, 0.5) is 8.78 Å². The first-order valence-electron chi connectivity index (χ1n) is 4.93. The summed E-state index contributed by atoms with van der Waals surface area (Å²) in [5.74, 6) is -2.17. The summed E-state index contributed by atoms with van der Waals surface area (Å²) >= 11 is 8.64. The minimum Gasteiger partial charge on any atom is -0.342 e. The molecule has 0 spiro atoms. The van der Waals surface area contributed by atoms with Crippen LogP contribution in [0.2, 0.25) is 5.02 Å². The van der Waals surface area contributed by atoms with Crippen LogP contribution in [0.1, 0.15) is 16.8 Å². The fraction of sp³-hybridized carbons (Fsp3) is 0.364. The summed E-state index contributed by atoms with van der Waals surface area (Å²) in [7, 11) is 1.54. The summed E-state index contributed by atoms with van der Waals surface area (Å²) < 4.78 is 26.6. The molecule has 1 aromatic rings. The Morgan fingerprint density at radius 1 is 1.41 bits per heavy atom. The Morgan fingerprint density at radius 3 is 2.65 bits per heavy atom. The number of nitrogens with zero attached hydrogens (tertiary/aromatic N) is 1. The van der Waals surface area contributed by atoms with Crippen molar-refractivity contribution in [3.05, 3.63) is 34.4 Å². The Bertz CT molecular complexity index is 428. The van der Waals surface area contributed by atoms with Crippen molar-refractivity contribution < 1.29 is 13.6 Å². The van der Waals surface area contributed by atoms with Crippen LogP contribution in [0, 0.1) is 11.6 Å². The zero-order valence-electron chi connectivity index (χ0n) is 9.14. The Labute approximate surface area is 112 Å². The van der Waals surface area contributed by atoms with Crippen molar-refractivity contribution in [1.82, 2.24) is 4.90 Å². The molecule has 2 nitrogen and oxygen atoms in total. The number of benzene rings is 1. The van der Waals surface area contributed by atoms with Crippen molar-refractivity contribution in [2.24, 2.45) is 0 Å². The van der Waals surface area contributed by atoms with Crippen LogP contribution in [-0.2, 0) is 0 Å². The number of carbonyl (C=O) groups is 1. The molecule has 0 unspecified atom stereocenters. The van der Waals surface area contributed by atoms with Gasteiger partial charge < -0.3 is 4.90 Å². The maximum absolute atomic E-state index is 13.5. The lowest BCUT2D eigenvalue weighted by Gasteiger charge is -2.17. The zero-order chi connectivity index (χ0) is 13.0. The van der Waals surface area contributed by atoms with E-state index in [1.54, 1.807) is 0 Å². The molecule has 0 radical (unpaired) electrons. The van der Waals surface area contributed by atoms with Crippen molar-refractivity contribution in [2.75, 3.05) is 18.9 Å². The molecule has 1 rings (SSSR count). The van der Waals surface area contributed by atoms with E-state index in [9.17, 15) is 13.6 Å². The van der Waals surface area contributed by atoms with Crippen LogP contribution in [-0.4, -0.2) is 29.7 Å². The molecule has 0 heterocycles. The van der Waals surface area contributed by atoms with E-state index < -0.39 is 17.5 Å². The fourth-order valence-corrected chi connectivity index (χ4v) is 1.69. The molecule has 0 saturated heterocycles. The lowest BCUT2D eigenvalue weighted by molar-refractivity contribution is 0.0790. The van der Waals surface area contributed by atoms with Crippen LogP contribution >= 0.6 is 27.5 Å². The smallest absolute Gasteiger partial charge is 0.256 e. The van der Waals surface area contributed by atoms with Gasteiger partial charge >= 0.3 is 0 Å². The molecule has 0 N–H and O–H groups in total. The largest absolute Gasteiger partial charge is 0.342 e. The molecule has 0 saturated carbocycles. The second-order valence-corrected chi connectivity index (χ2v) is 4.72. The first-order valence-corrected chi connectivity index (χ1v) is 6.43. The van der Waals surface area contributed by atoms with Crippen LogP contribution in [0.25, 0.3) is 0 Å². The lowest BCUT2D eigenvalue weighted by atomic mass is 10.2. The third-order valence-electron chi connectivity index (χ3n) is 2.21. The van der Waals surface area contributed by atoms with Crippen LogP contribution in [0.5, 0.6) is 0 Å². The van der Waals surface area contributed by atoms with E-state index in [-0.39, 0.29) is 10.6 Å². The topological polar surface area (TPSA) is 20.3 Å². The second kappa shape index (κ2) is 6.31. The molecule has 0 aliphatic rings. The van der Waals surface area contributed by atoms with Gasteiger partial charge in [0, 0.05) is 18.9 Å². The predicted octanol–water partition coefficient (Wildman–Crippen LogP) is 3.48. The summed E-state index contributed by atoms with van der Waals surface area (Å²) in [4.78, 5) is 13.1. The van der Waals surface area contributed by atoms with Gasteiger partial charge in [-0.25, -0.2) is 8.78 Å². The maximum Gasteiger partial charge on any atom is 0.256 e. The van der Waals surface area contributed by atoms with E-state index >= 15 is 0 Å². The van der Waals surface area contributed by atoms with E-state index in [0.29, 0.717) is 6.54 Å². The van der Waals surface area contributed by atoms with Crippen molar-refractivity contribution in [1.29, 1.82) is 0 Å². The van der Waals surface area contributed by atoms with Gasteiger partial charge in [0.2, 0.25) is 0 Å². The highest BCUT2D eigenvalue weighted by Crippen LogP contribution is 2.20. The highest BCUT2D eigenvalue weighted by molar-refractivity contribution is 9.09. The first kappa shape index (κ1) is 14.4. The third kappa shape index (κ3) is 3.64. The van der Waals surface area contributed by atoms with Crippen LogP contribution in [0.15, 0.2) is 12.1 Å². The molecule has 0 bridgehead atoms. The van der Waals surface area contributed by atoms with Crippen molar-refractivity contribution in [3.63, 3.8) is 0 Å². The predicted molar refractivity (Wildman–Crippen MR) is 66.7 cm³/mol. The lowest BCUT2D eigenvalue weighted by Crippen LogP contribution is -2.28. The van der Waals surface area contributed by atoms with Crippen molar-refractivity contribution in [3.8, 4) is 0 Å².